The number of nitrogens with zero attached hydrogens (tertiary/aromatic N) is 3. The third-order valence-corrected chi connectivity index (χ3v) is 4.46. The van der Waals surface area contributed by atoms with Crippen molar-refractivity contribution in [2.24, 2.45) is 13.0 Å². The first-order valence-electron chi connectivity index (χ1n) is 7.59. The van der Waals surface area contributed by atoms with Gasteiger partial charge in [-0.15, -0.1) is 0 Å². The molecule has 1 aromatic rings. The summed E-state index contributed by atoms with van der Waals surface area (Å²) in [6.45, 7) is 7.84. The van der Waals surface area contributed by atoms with Crippen molar-refractivity contribution in [3.05, 3.63) is 11.4 Å². The van der Waals surface area contributed by atoms with E-state index >= 15 is 0 Å². The number of likely N-dealkylation sites (tertiary alicyclic amines) is 1. The molecule has 6 heteroatoms. The topological polar surface area (TPSA) is 70.4 Å². The molecule has 1 aliphatic rings. The van der Waals surface area contributed by atoms with Crippen molar-refractivity contribution in [1.29, 1.82) is 0 Å². The van der Waals surface area contributed by atoms with Gasteiger partial charge in [0.15, 0.2) is 0 Å². The van der Waals surface area contributed by atoms with Gasteiger partial charge in [-0.25, -0.2) is 0 Å². The zero-order valence-corrected chi connectivity index (χ0v) is 13.4. The minimum absolute atomic E-state index is 0.00435. The van der Waals surface area contributed by atoms with Crippen LogP contribution < -0.4 is 5.32 Å². The van der Waals surface area contributed by atoms with Gasteiger partial charge < -0.3 is 10.4 Å². The number of anilines is 1. The molecule has 0 radical (unpaired) electrons. The molecule has 2 heterocycles. The molecule has 1 saturated heterocycles. The molecule has 118 valence electrons. The molecule has 0 bridgehead atoms. The number of hydrogen-bond donors (Lipinski definition) is 2. The van der Waals surface area contributed by atoms with Crippen LogP contribution in [-0.2, 0) is 11.8 Å². The van der Waals surface area contributed by atoms with Gasteiger partial charge in [-0.05, 0) is 52.6 Å². The maximum Gasteiger partial charge on any atom is 0.238 e. The zero-order chi connectivity index (χ0) is 15.6. The summed E-state index contributed by atoms with van der Waals surface area (Å²) in [4.78, 5) is 14.3. The van der Waals surface area contributed by atoms with Gasteiger partial charge in [-0.2, -0.15) is 5.10 Å². The van der Waals surface area contributed by atoms with E-state index in [2.05, 4.69) is 15.3 Å². The van der Waals surface area contributed by atoms with Crippen LogP contribution >= 0.6 is 0 Å². The largest absolute Gasteiger partial charge is 0.393 e. The summed E-state index contributed by atoms with van der Waals surface area (Å²) in [6.07, 6.45) is 1.66. The van der Waals surface area contributed by atoms with E-state index in [1.165, 1.54) is 0 Å². The molecule has 6 nitrogen and oxygen atoms in total. The van der Waals surface area contributed by atoms with Crippen molar-refractivity contribution in [1.82, 2.24) is 14.7 Å². The van der Waals surface area contributed by atoms with Gasteiger partial charge in [0.1, 0.15) is 0 Å². The van der Waals surface area contributed by atoms with Crippen LogP contribution in [0.3, 0.4) is 0 Å². The van der Waals surface area contributed by atoms with Crippen LogP contribution in [0.25, 0.3) is 0 Å². The SMILES string of the molecule is Cc1nn(C)c(C)c1NC(=O)CN1CCC(C(C)O)CC1. The number of piperidine rings is 1. The third-order valence-electron chi connectivity index (χ3n) is 4.46. The molecule has 1 aromatic heterocycles. The Labute approximate surface area is 126 Å². The van der Waals surface area contributed by atoms with E-state index in [1.807, 2.05) is 27.8 Å². The molecule has 2 rings (SSSR count). The first-order valence-corrected chi connectivity index (χ1v) is 7.59. The summed E-state index contributed by atoms with van der Waals surface area (Å²) in [7, 11) is 1.87. The molecule has 21 heavy (non-hydrogen) atoms. The van der Waals surface area contributed by atoms with Gasteiger partial charge in [0, 0.05) is 7.05 Å². The Kier molecular flexibility index (Phi) is 5.00. The van der Waals surface area contributed by atoms with Crippen LogP contribution in [0.5, 0.6) is 0 Å². The highest BCUT2D eigenvalue weighted by atomic mass is 16.3. The Hall–Kier alpha value is -1.40. The lowest BCUT2D eigenvalue weighted by atomic mass is 9.92. The number of carbonyl (C=O) groups excluding carboxylic acids is 1. The van der Waals surface area contributed by atoms with E-state index in [0.717, 1.165) is 43.0 Å². The Morgan fingerprint density at radius 2 is 2.05 bits per heavy atom. The second-order valence-corrected chi connectivity index (χ2v) is 6.07. The Bertz CT molecular complexity index is 502. The monoisotopic (exact) mass is 294 g/mol. The second-order valence-electron chi connectivity index (χ2n) is 6.07. The fourth-order valence-corrected chi connectivity index (χ4v) is 2.93. The highest BCUT2D eigenvalue weighted by Crippen LogP contribution is 2.21. The lowest BCUT2D eigenvalue weighted by Gasteiger charge is -2.32. The van der Waals surface area contributed by atoms with Crippen molar-refractivity contribution in [3.8, 4) is 0 Å². The van der Waals surface area contributed by atoms with Crippen LogP contribution in [0, 0.1) is 19.8 Å². The van der Waals surface area contributed by atoms with Gasteiger partial charge in [-0.1, -0.05) is 0 Å². The van der Waals surface area contributed by atoms with E-state index in [-0.39, 0.29) is 12.0 Å². The third kappa shape index (κ3) is 3.83. The Balaban J connectivity index is 1.86. The average Bonchev–Trinajstić information content (AvgIpc) is 2.66. The second kappa shape index (κ2) is 6.58. The number of carbonyl (C=O) groups is 1. The number of nitrogens with one attached hydrogen (secondary N) is 1. The van der Waals surface area contributed by atoms with Crippen LogP contribution in [0.1, 0.15) is 31.2 Å². The lowest BCUT2D eigenvalue weighted by molar-refractivity contribution is -0.117. The quantitative estimate of drug-likeness (QED) is 0.871. The molecule has 0 spiro atoms. The molecule has 1 unspecified atom stereocenters. The van der Waals surface area contributed by atoms with Crippen molar-refractivity contribution in [2.75, 3.05) is 25.0 Å². The van der Waals surface area contributed by atoms with E-state index < -0.39 is 0 Å². The average molecular weight is 294 g/mol. The predicted molar refractivity (Wildman–Crippen MR) is 82.2 cm³/mol. The Morgan fingerprint density at radius 3 is 2.52 bits per heavy atom. The normalized spacial score (nSPS) is 18.7. The number of aromatic nitrogens is 2. The first-order chi connectivity index (χ1) is 9.88. The van der Waals surface area contributed by atoms with E-state index in [9.17, 15) is 9.90 Å². The number of hydrogen-bond acceptors (Lipinski definition) is 4. The van der Waals surface area contributed by atoms with Crippen molar-refractivity contribution in [2.45, 2.75) is 39.7 Å². The number of amides is 1. The number of aryl methyl sites for hydroxylation is 2. The summed E-state index contributed by atoms with van der Waals surface area (Å²) < 4.78 is 1.78. The molecular formula is C15H26N4O2. The number of aliphatic hydroxyl groups excluding tert-OH is 1. The molecule has 1 amide bonds. The fourth-order valence-electron chi connectivity index (χ4n) is 2.93. The molecule has 1 aliphatic heterocycles. The smallest absolute Gasteiger partial charge is 0.238 e. The molecule has 0 saturated carbocycles. The lowest BCUT2D eigenvalue weighted by Crippen LogP contribution is -2.41. The van der Waals surface area contributed by atoms with Gasteiger partial charge in [-0.3, -0.25) is 14.4 Å². The van der Waals surface area contributed by atoms with Crippen molar-refractivity contribution >= 4 is 11.6 Å². The van der Waals surface area contributed by atoms with Crippen molar-refractivity contribution < 1.29 is 9.90 Å². The maximum atomic E-state index is 12.2. The fraction of sp³-hybridized carbons (Fsp3) is 0.733. The number of aliphatic hydroxyl groups is 1. The minimum atomic E-state index is -0.248. The summed E-state index contributed by atoms with van der Waals surface area (Å²) in [5.74, 6) is 0.372. The van der Waals surface area contributed by atoms with Crippen molar-refractivity contribution in [3.63, 3.8) is 0 Å². The van der Waals surface area contributed by atoms with E-state index in [4.69, 9.17) is 0 Å². The van der Waals surface area contributed by atoms with Crippen LogP contribution in [0.4, 0.5) is 5.69 Å². The number of rotatable bonds is 4. The molecule has 1 atom stereocenters. The van der Waals surface area contributed by atoms with Crippen LogP contribution in [0.2, 0.25) is 0 Å². The standard InChI is InChI=1S/C15H26N4O2/c1-10-15(11(2)18(4)17-10)16-14(21)9-19-7-5-13(6-8-19)12(3)20/h12-13,20H,5-9H2,1-4H3,(H,16,21). The summed E-state index contributed by atoms with van der Waals surface area (Å²) in [5, 5.41) is 16.9. The highest BCUT2D eigenvalue weighted by Gasteiger charge is 2.24. The Morgan fingerprint density at radius 1 is 1.43 bits per heavy atom. The van der Waals surface area contributed by atoms with Gasteiger partial charge in [0.05, 0.1) is 29.7 Å². The van der Waals surface area contributed by atoms with Gasteiger partial charge >= 0.3 is 0 Å². The molecule has 0 aromatic carbocycles. The summed E-state index contributed by atoms with van der Waals surface area (Å²) in [6, 6.07) is 0. The van der Waals surface area contributed by atoms with Crippen LogP contribution in [-0.4, -0.2) is 51.4 Å². The van der Waals surface area contributed by atoms with E-state index in [1.54, 1.807) is 4.68 Å². The minimum Gasteiger partial charge on any atom is -0.393 e. The van der Waals surface area contributed by atoms with E-state index in [0.29, 0.717) is 12.5 Å². The summed E-state index contributed by atoms with van der Waals surface area (Å²) >= 11 is 0. The molecule has 2 N–H and O–H groups in total. The molecular weight excluding hydrogens is 268 g/mol. The summed E-state index contributed by atoms with van der Waals surface area (Å²) in [5.41, 5.74) is 2.63. The maximum absolute atomic E-state index is 12.2. The highest BCUT2D eigenvalue weighted by molar-refractivity contribution is 5.93. The molecule has 1 fully saturated rings. The van der Waals surface area contributed by atoms with Gasteiger partial charge in [0.25, 0.3) is 0 Å². The zero-order valence-electron chi connectivity index (χ0n) is 13.4. The van der Waals surface area contributed by atoms with Gasteiger partial charge in [0.2, 0.25) is 5.91 Å². The van der Waals surface area contributed by atoms with Crippen LogP contribution in [0.15, 0.2) is 0 Å². The molecule has 0 aliphatic carbocycles. The predicted octanol–water partition coefficient (Wildman–Crippen LogP) is 1.07. The first kappa shape index (κ1) is 16.0.